The molecule has 0 spiro atoms. The highest BCUT2D eigenvalue weighted by Crippen LogP contribution is 2.33. The zero-order valence-corrected chi connectivity index (χ0v) is 13.8. The van der Waals surface area contributed by atoms with E-state index in [0.717, 1.165) is 17.7 Å². The van der Waals surface area contributed by atoms with Crippen LogP contribution < -0.4 is 0 Å². The topological polar surface area (TPSA) is 40.6 Å². The lowest BCUT2D eigenvalue weighted by Crippen LogP contribution is -2.39. The van der Waals surface area contributed by atoms with Crippen LogP contribution in [-0.4, -0.2) is 49.8 Å². The SMILES string of the molecule is CN1C2CCC1CN(S(=O)(=O)c1ccsc1CCl)CC2. The van der Waals surface area contributed by atoms with Crippen molar-refractivity contribution in [2.45, 2.75) is 42.1 Å². The maximum absolute atomic E-state index is 12.8. The minimum Gasteiger partial charge on any atom is -0.299 e. The second kappa shape index (κ2) is 5.57. The number of hydrogen-bond donors (Lipinski definition) is 0. The van der Waals surface area contributed by atoms with E-state index >= 15 is 0 Å². The highest BCUT2D eigenvalue weighted by Gasteiger charge is 2.39. The summed E-state index contributed by atoms with van der Waals surface area (Å²) in [7, 11) is -1.28. The Morgan fingerprint density at radius 3 is 2.85 bits per heavy atom. The minimum absolute atomic E-state index is 0.256. The summed E-state index contributed by atoms with van der Waals surface area (Å²) in [4.78, 5) is 3.50. The van der Waals surface area contributed by atoms with Crippen LogP contribution in [0.2, 0.25) is 0 Å². The summed E-state index contributed by atoms with van der Waals surface area (Å²) in [5.74, 6) is 0.256. The van der Waals surface area contributed by atoms with Gasteiger partial charge < -0.3 is 0 Å². The number of fused-ring (bicyclic) bond motifs is 2. The zero-order valence-electron chi connectivity index (χ0n) is 11.5. The lowest BCUT2D eigenvalue weighted by atomic mass is 10.1. The molecule has 2 aliphatic heterocycles. The van der Waals surface area contributed by atoms with E-state index in [-0.39, 0.29) is 5.88 Å². The molecule has 2 saturated heterocycles. The van der Waals surface area contributed by atoms with Crippen LogP contribution in [0.15, 0.2) is 16.3 Å². The molecular formula is C13H19ClN2O2S2. The number of thiophene rings is 1. The van der Waals surface area contributed by atoms with Crippen LogP contribution in [0.4, 0.5) is 0 Å². The molecule has 0 amide bonds. The Balaban J connectivity index is 1.89. The van der Waals surface area contributed by atoms with Gasteiger partial charge in [0.25, 0.3) is 0 Å². The van der Waals surface area contributed by atoms with Crippen LogP contribution in [0.25, 0.3) is 0 Å². The molecule has 7 heteroatoms. The molecule has 0 saturated carbocycles. The molecule has 0 aromatic carbocycles. The van der Waals surface area contributed by atoms with E-state index in [9.17, 15) is 8.42 Å². The van der Waals surface area contributed by atoms with Gasteiger partial charge in [0.05, 0.1) is 10.8 Å². The van der Waals surface area contributed by atoms with Gasteiger partial charge in [0, 0.05) is 30.1 Å². The van der Waals surface area contributed by atoms with Gasteiger partial charge in [0.2, 0.25) is 10.0 Å². The zero-order chi connectivity index (χ0) is 14.3. The minimum atomic E-state index is -3.40. The maximum Gasteiger partial charge on any atom is 0.244 e. The molecule has 0 radical (unpaired) electrons. The smallest absolute Gasteiger partial charge is 0.244 e. The molecule has 2 unspecified atom stereocenters. The number of hydrogen-bond acceptors (Lipinski definition) is 4. The molecule has 3 heterocycles. The number of alkyl halides is 1. The van der Waals surface area contributed by atoms with Gasteiger partial charge in [-0.2, -0.15) is 4.31 Å². The maximum atomic E-state index is 12.8. The number of halogens is 1. The van der Waals surface area contributed by atoms with Crippen molar-refractivity contribution in [1.29, 1.82) is 0 Å². The Morgan fingerprint density at radius 2 is 2.10 bits per heavy atom. The first kappa shape index (κ1) is 14.8. The molecule has 20 heavy (non-hydrogen) atoms. The van der Waals surface area contributed by atoms with Gasteiger partial charge in [-0.25, -0.2) is 8.42 Å². The Labute approximate surface area is 129 Å². The first-order valence-electron chi connectivity index (χ1n) is 6.88. The number of rotatable bonds is 3. The molecule has 4 nitrogen and oxygen atoms in total. The first-order valence-corrected chi connectivity index (χ1v) is 9.74. The second-order valence-corrected chi connectivity index (χ2v) is 8.72. The van der Waals surface area contributed by atoms with E-state index in [4.69, 9.17) is 11.6 Å². The summed E-state index contributed by atoms with van der Waals surface area (Å²) in [5, 5.41) is 1.81. The Kier molecular flexibility index (Phi) is 4.12. The lowest BCUT2D eigenvalue weighted by molar-refractivity contribution is 0.246. The Hall–Kier alpha value is -0.140. The second-order valence-electron chi connectivity index (χ2n) is 5.54. The van der Waals surface area contributed by atoms with Crippen LogP contribution in [0.1, 0.15) is 24.1 Å². The third-order valence-corrected chi connectivity index (χ3v) is 7.98. The summed E-state index contributed by atoms with van der Waals surface area (Å²) in [6.45, 7) is 1.22. The van der Waals surface area contributed by atoms with Crippen LogP contribution in [-0.2, 0) is 15.9 Å². The van der Waals surface area contributed by atoms with Crippen LogP contribution in [0.3, 0.4) is 0 Å². The summed E-state index contributed by atoms with van der Waals surface area (Å²) in [6.07, 6.45) is 3.21. The van der Waals surface area contributed by atoms with Gasteiger partial charge in [-0.3, -0.25) is 4.90 Å². The van der Waals surface area contributed by atoms with Crippen molar-refractivity contribution in [3.05, 3.63) is 16.3 Å². The van der Waals surface area contributed by atoms with Gasteiger partial charge in [0.15, 0.2) is 0 Å². The summed E-state index contributed by atoms with van der Waals surface area (Å²) in [6, 6.07) is 2.58. The predicted octanol–water partition coefficient (Wildman–Crippen LogP) is 2.34. The molecule has 1 aromatic rings. The summed E-state index contributed by atoms with van der Waals surface area (Å²) >= 11 is 7.27. The molecule has 2 aliphatic rings. The quantitative estimate of drug-likeness (QED) is 0.797. The van der Waals surface area contributed by atoms with Gasteiger partial charge in [-0.05, 0) is 37.8 Å². The third-order valence-electron chi connectivity index (χ3n) is 4.55. The Morgan fingerprint density at radius 1 is 1.35 bits per heavy atom. The molecule has 2 bridgehead atoms. The van der Waals surface area contributed by atoms with E-state index in [2.05, 4.69) is 11.9 Å². The highest BCUT2D eigenvalue weighted by atomic mass is 35.5. The first-order chi connectivity index (χ1) is 9.54. The third kappa shape index (κ3) is 2.41. The van der Waals surface area contributed by atoms with Crippen molar-refractivity contribution in [1.82, 2.24) is 9.21 Å². The molecule has 1 aromatic heterocycles. The highest BCUT2D eigenvalue weighted by molar-refractivity contribution is 7.89. The van der Waals surface area contributed by atoms with E-state index in [1.807, 2.05) is 0 Å². The number of likely N-dealkylation sites (N-methyl/N-ethyl adjacent to an activating group) is 1. The van der Waals surface area contributed by atoms with E-state index < -0.39 is 10.0 Å². The van der Waals surface area contributed by atoms with Crippen molar-refractivity contribution < 1.29 is 8.42 Å². The van der Waals surface area contributed by atoms with Gasteiger partial charge in [-0.15, -0.1) is 22.9 Å². The van der Waals surface area contributed by atoms with Crippen LogP contribution >= 0.6 is 22.9 Å². The molecule has 3 rings (SSSR count). The van der Waals surface area contributed by atoms with E-state index in [1.165, 1.54) is 17.8 Å². The fourth-order valence-corrected chi connectivity index (χ4v) is 6.46. The van der Waals surface area contributed by atoms with E-state index in [0.29, 0.717) is 30.1 Å². The molecule has 0 N–H and O–H groups in total. The van der Waals surface area contributed by atoms with Gasteiger partial charge >= 0.3 is 0 Å². The number of nitrogens with zero attached hydrogens (tertiary/aromatic N) is 2. The standard InChI is InChI=1S/C13H19ClN2O2S2/c1-15-10-2-3-11(15)9-16(6-4-10)20(17,18)13-5-7-19-12(13)8-14/h5,7,10-11H,2-4,6,8-9H2,1H3. The molecule has 2 fully saturated rings. The fraction of sp³-hybridized carbons (Fsp3) is 0.692. The molecule has 2 atom stereocenters. The van der Waals surface area contributed by atoms with E-state index in [1.54, 1.807) is 15.8 Å². The monoisotopic (exact) mass is 334 g/mol. The van der Waals surface area contributed by atoms with Crippen molar-refractivity contribution in [2.75, 3.05) is 20.1 Å². The van der Waals surface area contributed by atoms with Gasteiger partial charge in [0.1, 0.15) is 0 Å². The van der Waals surface area contributed by atoms with Crippen molar-refractivity contribution in [2.24, 2.45) is 0 Å². The van der Waals surface area contributed by atoms with Crippen molar-refractivity contribution >= 4 is 33.0 Å². The summed E-state index contributed by atoms with van der Waals surface area (Å²) in [5.41, 5.74) is 0. The van der Waals surface area contributed by atoms with Crippen molar-refractivity contribution in [3.63, 3.8) is 0 Å². The molecule has 112 valence electrons. The summed E-state index contributed by atoms with van der Waals surface area (Å²) < 4.78 is 27.3. The molecular weight excluding hydrogens is 316 g/mol. The molecule has 0 aliphatic carbocycles. The average Bonchev–Trinajstić information content (AvgIpc) is 2.95. The number of sulfonamides is 1. The van der Waals surface area contributed by atoms with Crippen molar-refractivity contribution in [3.8, 4) is 0 Å². The largest absolute Gasteiger partial charge is 0.299 e. The Bertz CT molecular complexity index is 587. The lowest BCUT2D eigenvalue weighted by Gasteiger charge is -2.25. The van der Waals surface area contributed by atoms with Crippen LogP contribution in [0.5, 0.6) is 0 Å². The van der Waals surface area contributed by atoms with Gasteiger partial charge in [-0.1, -0.05) is 0 Å². The van der Waals surface area contributed by atoms with Crippen LogP contribution in [0, 0.1) is 0 Å². The fourth-order valence-electron chi connectivity index (χ4n) is 3.29. The average molecular weight is 335 g/mol. The normalized spacial score (nSPS) is 28.7. The predicted molar refractivity (Wildman–Crippen MR) is 81.8 cm³/mol.